The quantitative estimate of drug-likeness (QED) is 0.723. The van der Waals surface area contributed by atoms with Crippen LogP contribution in [0.5, 0.6) is 0 Å². The van der Waals surface area contributed by atoms with Gasteiger partial charge in [-0.3, -0.25) is 0 Å². The molecule has 2 aromatic heterocycles. The molecule has 0 aromatic carbocycles. The Hall–Kier alpha value is -2.09. The molecule has 0 bridgehead atoms. The molecule has 0 unspecified atom stereocenters. The number of nitrogens with one attached hydrogen (secondary N) is 1. The molecule has 2 aromatic rings. The predicted octanol–water partition coefficient (Wildman–Crippen LogP) is 0.148. The van der Waals surface area contributed by atoms with Crippen molar-refractivity contribution in [2.24, 2.45) is 5.73 Å². The second-order valence-corrected chi connectivity index (χ2v) is 3.57. The van der Waals surface area contributed by atoms with Crippen molar-refractivity contribution >= 4 is 23.0 Å². The third-order valence-corrected chi connectivity index (χ3v) is 2.16. The van der Waals surface area contributed by atoms with Gasteiger partial charge in [-0.1, -0.05) is 17.4 Å². The van der Waals surface area contributed by atoms with E-state index in [0.717, 1.165) is 0 Å². The smallest absolute Gasteiger partial charge is 0.228 e. The Balaban J connectivity index is 1.97. The Bertz CT molecular complexity index is 500. The molecule has 0 saturated carbocycles. The third-order valence-electron chi connectivity index (χ3n) is 1.97. The molecule has 0 fully saturated rings. The van der Waals surface area contributed by atoms with Gasteiger partial charge in [-0.2, -0.15) is 4.98 Å². The van der Waals surface area contributed by atoms with Crippen LogP contribution < -0.4 is 11.1 Å². The summed E-state index contributed by atoms with van der Waals surface area (Å²) in [5.41, 5.74) is 6.01. The Morgan fingerprint density at radius 3 is 2.88 bits per heavy atom. The highest BCUT2D eigenvalue weighted by atomic mass is 32.1. The first-order chi connectivity index (χ1) is 8.27. The summed E-state index contributed by atoms with van der Waals surface area (Å²) in [7, 11) is 0. The molecule has 3 N–H and O–H groups in total. The first kappa shape index (κ1) is 11.4. The van der Waals surface area contributed by atoms with Crippen molar-refractivity contribution in [1.29, 1.82) is 0 Å². The van der Waals surface area contributed by atoms with Gasteiger partial charge < -0.3 is 15.6 Å². The molecule has 0 spiro atoms. The van der Waals surface area contributed by atoms with Gasteiger partial charge in [0.05, 0.1) is 0 Å². The molecule has 0 radical (unpaired) electrons. The first-order valence-corrected chi connectivity index (χ1v) is 5.28. The lowest BCUT2D eigenvalue weighted by Gasteiger charge is -2.07. The molecule has 17 heavy (non-hydrogen) atoms. The van der Waals surface area contributed by atoms with Crippen molar-refractivity contribution in [2.75, 3.05) is 11.9 Å². The highest BCUT2D eigenvalue weighted by Gasteiger charge is 2.07. The number of anilines is 1. The molecule has 0 saturated heterocycles. The van der Waals surface area contributed by atoms with Crippen LogP contribution in [0.1, 0.15) is 11.6 Å². The third kappa shape index (κ3) is 2.94. The normalized spacial score (nSPS) is 10.1. The minimum Gasteiger partial charge on any atom is -0.388 e. The van der Waals surface area contributed by atoms with E-state index >= 15 is 0 Å². The zero-order chi connectivity index (χ0) is 12.1. The van der Waals surface area contributed by atoms with Gasteiger partial charge in [-0.15, -0.1) is 0 Å². The lowest BCUT2D eigenvalue weighted by molar-refractivity contribution is 0.379. The summed E-state index contributed by atoms with van der Waals surface area (Å²) in [6, 6.07) is 0. The minimum absolute atomic E-state index is 0.207. The van der Waals surface area contributed by atoms with Gasteiger partial charge in [0.1, 0.15) is 10.7 Å². The highest BCUT2D eigenvalue weighted by molar-refractivity contribution is 7.80. The second kappa shape index (κ2) is 5.30. The van der Waals surface area contributed by atoms with Crippen molar-refractivity contribution in [1.82, 2.24) is 20.1 Å². The Morgan fingerprint density at radius 2 is 2.18 bits per heavy atom. The van der Waals surface area contributed by atoms with Crippen molar-refractivity contribution in [3.63, 3.8) is 0 Å². The van der Waals surface area contributed by atoms with Crippen molar-refractivity contribution in [3.8, 4) is 0 Å². The van der Waals surface area contributed by atoms with E-state index < -0.39 is 0 Å². The maximum atomic E-state index is 5.53. The fourth-order valence-corrected chi connectivity index (χ4v) is 1.39. The molecule has 2 rings (SSSR count). The maximum Gasteiger partial charge on any atom is 0.228 e. The van der Waals surface area contributed by atoms with Crippen LogP contribution in [0.3, 0.4) is 0 Å². The van der Waals surface area contributed by atoms with Crippen molar-refractivity contribution in [3.05, 3.63) is 30.3 Å². The van der Waals surface area contributed by atoms with E-state index in [1.165, 1.54) is 12.5 Å². The van der Waals surface area contributed by atoms with Gasteiger partial charge in [0, 0.05) is 25.4 Å². The molecule has 0 aliphatic heterocycles. The minimum atomic E-state index is 0.207. The first-order valence-electron chi connectivity index (χ1n) is 4.87. The molecule has 8 heteroatoms. The van der Waals surface area contributed by atoms with Gasteiger partial charge in [-0.25, -0.2) is 9.97 Å². The van der Waals surface area contributed by atoms with Crippen LogP contribution in [0.2, 0.25) is 0 Å². The van der Waals surface area contributed by atoms with E-state index in [4.69, 9.17) is 22.5 Å². The Morgan fingerprint density at radius 1 is 1.35 bits per heavy atom. The monoisotopic (exact) mass is 250 g/mol. The summed E-state index contributed by atoms with van der Waals surface area (Å²) in [5.74, 6) is 1.11. The van der Waals surface area contributed by atoms with E-state index in [2.05, 4.69) is 25.4 Å². The van der Waals surface area contributed by atoms with Gasteiger partial charge in [-0.05, 0) is 0 Å². The zero-order valence-electron chi connectivity index (χ0n) is 8.83. The topological polar surface area (TPSA) is 103 Å². The highest BCUT2D eigenvalue weighted by Crippen LogP contribution is 2.07. The SMILES string of the molecule is NC(=S)c1nccnc1NCCc1ncno1. The number of nitrogens with two attached hydrogens (primary N) is 1. The average Bonchev–Trinajstić information content (AvgIpc) is 2.82. The van der Waals surface area contributed by atoms with Crippen LogP contribution in [0.4, 0.5) is 5.82 Å². The van der Waals surface area contributed by atoms with E-state index in [9.17, 15) is 0 Å². The Kier molecular flexibility index (Phi) is 3.55. The summed E-state index contributed by atoms with van der Waals surface area (Å²) in [4.78, 5) is 12.3. The largest absolute Gasteiger partial charge is 0.388 e. The van der Waals surface area contributed by atoms with E-state index in [-0.39, 0.29) is 4.99 Å². The van der Waals surface area contributed by atoms with Gasteiger partial charge in [0.25, 0.3) is 0 Å². The zero-order valence-corrected chi connectivity index (χ0v) is 9.65. The van der Waals surface area contributed by atoms with Crippen molar-refractivity contribution < 1.29 is 4.52 Å². The van der Waals surface area contributed by atoms with Gasteiger partial charge >= 0.3 is 0 Å². The molecule has 0 aliphatic carbocycles. The summed E-state index contributed by atoms with van der Waals surface area (Å²) < 4.78 is 4.86. The van der Waals surface area contributed by atoms with Crippen LogP contribution in [0.15, 0.2) is 23.2 Å². The molecule has 0 aliphatic rings. The summed E-state index contributed by atoms with van der Waals surface area (Å²) >= 11 is 4.87. The molecule has 2 heterocycles. The number of nitrogens with zero attached hydrogens (tertiary/aromatic N) is 4. The van der Waals surface area contributed by atoms with E-state index in [1.807, 2.05) is 0 Å². The van der Waals surface area contributed by atoms with E-state index in [0.29, 0.717) is 30.4 Å². The fraction of sp³-hybridized carbons (Fsp3) is 0.222. The number of aromatic nitrogens is 4. The number of hydrogen-bond acceptors (Lipinski definition) is 7. The summed E-state index contributed by atoms with van der Waals surface area (Å²) in [6.07, 6.45) is 5.06. The van der Waals surface area contributed by atoms with Crippen LogP contribution in [0, 0.1) is 0 Å². The number of rotatable bonds is 5. The maximum absolute atomic E-state index is 5.53. The van der Waals surface area contributed by atoms with Crippen LogP contribution >= 0.6 is 12.2 Å². The lowest BCUT2D eigenvalue weighted by atomic mass is 10.3. The van der Waals surface area contributed by atoms with Crippen LogP contribution in [-0.4, -0.2) is 31.6 Å². The second-order valence-electron chi connectivity index (χ2n) is 3.13. The number of hydrogen-bond donors (Lipinski definition) is 2. The summed E-state index contributed by atoms with van der Waals surface area (Å²) in [6.45, 7) is 0.580. The molecular formula is C9H10N6OS. The van der Waals surface area contributed by atoms with Crippen LogP contribution in [-0.2, 0) is 6.42 Å². The molecule has 88 valence electrons. The lowest BCUT2D eigenvalue weighted by Crippen LogP contribution is -2.17. The predicted molar refractivity (Wildman–Crippen MR) is 64.4 cm³/mol. The molecular weight excluding hydrogens is 240 g/mol. The Labute approximate surface area is 102 Å². The fourth-order valence-electron chi connectivity index (χ4n) is 1.24. The molecule has 0 atom stereocenters. The molecule has 7 nitrogen and oxygen atoms in total. The summed E-state index contributed by atoms with van der Waals surface area (Å²) in [5, 5.41) is 6.57. The van der Waals surface area contributed by atoms with Gasteiger partial charge in [0.2, 0.25) is 5.89 Å². The standard InChI is InChI=1S/C9H10N6OS/c10-8(17)7-9(13-4-3-11-7)12-2-1-6-14-5-15-16-6/h3-5H,1-2H2,(H2,10,17)(H,12,13). The van der Waals surface area contributed by atoms with Gasteiger partial charge in [0.15, 0.2) is 12.1 Å². The van der Waals surface area contributed by atoms with Crippen LogP contribution in [0.25, 0.3) is 0 Å². The van der Waals surface area contributed by atoms with Crippen molar-refractivity contribution in [2.45, 2.75) is 6.42 Å². The average molecular weight is 250 g/mol. The van der Waals surface area contributed by atoms with E-state index in [1.54, 1.807) is 6.20 Å². The molecule has 0 amide bonds. The number of thiocarbonyl (C=S) groups is 1.